The van der Waals surface area contributed by atoms with Gasteiger partial charge in [-0.25, -0.2) is 0 Å². The first-order valence-corrected chi connectivity index (χ1v) is 9.01. The molecule has 132 valence electrons. The Bertz CT molecular complexity index is 538. The topological polar surface area (TPSA) is 53.6 Å². The van der Waals surface area contributed by atoms with Gasteiger partial charge in [0, 0.05) is 6.21 Å². The Labute approximate surface area is 146 Å². The zero-order valence-electron chi connectivity index (χ0n) is 15.5. The van der Waals surface area contributed by atoms with Gasteiger partial charge in [-0.15, -0.1) is 0 Å². The fourth-order valence-electron chi connectivity index (χ4n) is 2.84. The Kier molecular flexibility index (Phi) is 6.33. The Balaban J connectivity index is 1.96. The molecule has 2 atom stereocenters. The molecule has 2 rings (SSSR count). The van der Waals surface area contributed by atoms with Crippen LogP contribution in [0.2, 0.25) is 0 Å². The molecule has 0 fully saturated rings. The number of rotatable bonds is 7. The third-order valence-corrected chi connectivity index (χ3v) is 4.65. The van der Waals surface area contributed by atoms with Gasteiger partial charge in [0.15, 0.2) is 0 Å². The normalized spacial score (nSPS) is 29.1. The number of nitrogens with one attached hydrogen (secondary N) is 1. The maximum Gasteiger partial charge on any atom is 0.0698 e. The van der Waals surface area contributed by atoms with Crippen molar-refractivity contribution in [1.82, 2.24) is 10.2 Å². The fraction of sp³-hybridized carbons (Fsp3) is 0.550. The lowest BCUT2D eigenvalue weighted by molar-refractivity contribution is 0.296. The third-order valence-electron chi connectivity index (χ3n) is 4.65. The Morgan fingerprint density at radius 3 is 2.46 bits per heavy atom. The molecule has 4 nitrogen and oxygen atoms in total. The maximum absolute atomic E-state index is 6.16. The predicted molar refractivity (Wildman–Crippen MR) is 104 cm³/mol. The summed E-state index contributed by atoms with van der Waals surface area (Å²) in [6.45, 7) is 12.9. The Morgan fingerprint density at radius 2 is 1.75 bits per heavy atom. The van der Waals surface area contributed by atoms with Crippen molar-refractivity contribution in [3.8, 4) is 0 Å². The first kappa shape index (κ1) is 18.8. The second-order valence-electron chi connectivity index (χ2n) is 7.05. The standard InChI is InChI=1S/C20H32N4/c1-5-24(6-2)15-7-14-23-20(4)13-9-17-8-11-19(3,21)12-10-18(17)22-16-20/h8-13,16,23H,5-7,14-15,21H2,1-4H3. The van der Waals surface area contributed by atoms with Crippen molar-refractivity contribution in [1.29, 1.82) is 0 Å². The molecule has 1 aliphatic heterocycles. The van der Waals surface area contributed by atoms with E-state index >= 15 is 0 Å². The molecule has 0 radical (unpaired) electrons. The van der Waals surface area contributed by atoms with Crippen LogP contribution in [0.4, 0.5) is 0 Å². The lowest BCUT2D eigenvalue weighted by Gasteiger charge is -2.24. The number of hydrogen-bond acceptors (Lipinski definition) is 4. The van der Waals surface area contributed by atoms with E-state index in [0.29, 0.717) is 0 Å². The summed E-state index contributed by atoms with van der Waals surface area (Å²) in [7, 11) is 0. The molecule has 1 heterocycles. The molecule has 0 spiro atoms. The van der Waals surface area contributed by atoms with Crippen molar-refractivity contribution in [3.05, 3.63) is 47.7 Å². The SMILES string of the molecule is CCN(CC)CCCNC1(C)C=CC2=C(C=CC(C)(N)C=C2)N=C1. The van der Waals surface area contributed by atoms with Crippen molar-refractivity contribution >= 4 is 6.21 Å². The number of aliphatic imine (C=N–C) groups is 1. The molecule has 1 aliphatic carbocycles. The lowest BCUT2D eigenvalue weighted by Crippen LogP contribution is -2.43. The van der Waals surface area contributed by atoms with E-state index in [4.69, 9.17) is 10.7 Å². The van der Waals surface area contributed by atoms with Gasteiger partial charge in [-0.3, -0.25) is 4.99 Å². The first-order valence-electron chi connectivity index (χ1n) is 9.01. The van der Waals surface area contributed by atoms with Crippen molar-refractivity contribution in [2.75, 3.05) is 26.2 Å². The molecular weight excluding hydrogens is 296 g/mol. The van der Waals surface area contributed by atoms with Gasteiger partial charge in [0.1, 0.15) is 0 Å². The van der Waals surface area contributed by atoms with E-state index in [0.717, 1.165) is 43.9 Å². The van der Waals surface area contributed by atoms with E-state index in [-0.39, 0.29) is 5.54 Å². The molecule has 0 bridgehead atoms. The van der Waals surface area contributed by atoms with Crippen molar-refractivity contribution in [2.24, 2.45) is 10.7 Å². The van der Waals surface area contributed by atoms with Crippen LogP contribution in [0.5, 0.6) is 0 Å². The zero-order chi connectivity index (χ0) is 17.6. The molecule has 3 N–H and O–H groups in total. The highest BCUT2D eigenvalue weighted by Crippen LogP contribution is 2.23. The van der Waals surface area contributed by atoms with E-state index < -0.39 is 5.54 Å². The minimum absolute atomic E-state index is 0.219. The molecule has 2 aliphatic rings. The lowest BCUT2D eigenvalue weighted by atomic mass is 10.0. The van der Waals surface area contributed by atoms with Gasteiger partial charge < -0.3 is 16.0 Å². The summed E-state index contributed by atoms with van der Waals surface area (Å²) in [4.78, 5) is 7.14. The second-order valence-corrected chi connectivity index (χ2v) is 7.05. The highest BCUT2D eigenvalue weighted by Gasteiger charge is 2.21. The van der Waals surface area contributed by atoms with Crippen LogP contribution in [0.1, 0.15) is 34.1 Å². The molecular formula is C20H32N4. The minimum Gasteiger partial charge on any atom is -0.319 e. The molecule has 0 aromatic heterocycles. The summed E-state index contributed by atoms with van der Waals surface area (Å²) < 4.78 is 0. The van der Waals surface area contributed by atoms with Crippen molar-refractivity contribution in [2.45, 2.75) is 45.2 Å². The number of allylic oxidation sites excluding steroid dienone is 4. The summed E-state index contributed by atoms with van der Waals surface area (Å²) in [6.07, 6.45) is 15.6. The van der Waals surface area contributed by atoms with E-state index in [1.807, 2.05) is 31.4 Å². The van der Waals surface area contributed by atoms with Gasteiger partial charge in [-0.1, -0.05) is 44.2 Å². The molecule has 0 aromatic rings. The van der Waals surface area contributed by atoms with E-state index in [1.165, 1.54) is 0 Å². The van der Waals surface area contributed by atoms with Crippen LogP contribution in [0, 0.1) is 0 Å². The van der Waals surface area contributed by atoms with Crippen molar-refractivity contribution in [3.63, 3.8) is 0 Å². The van der Waals surface area contributed by atoms with Gasteiger partial charge >= 0.3 is 0 Å². The maximum atomic E-state index is 6.16. The molecule has 0 aromatic carbocycles. The van der Waals surface area contributed by atoms with Gasteiger partial charge in [-0.05, 0) is 58.1 Å². The average molecular weight is 329 g/mol. The smallest absolute Gasteiger partial charge is 0.0698 e. The van der Waals surface area contributed by atoms with Gasteiger partial charge in [0.2, 0.25) is 0 Å². The Hall–Kier alpha value is -1.49. The van der Waals surface area contributed by atoms with Crippen LogP contribution in [-0.2, 0) is 0 Å². The molecule has 2 unspecified atom stereocenters. The quantitative estimate of drug-likeness (QED) is 0.707. The van der Waals surface area contributed by atoms with Gasteiger partial charge in [-0.2, -0.15) is 0 Å². The number of nitrogens with zero attached hydrogens (tertiary/aromatic N) is 2. The monoisotopic (exact) mass is 328 g/mol. The van der Waals surface area contributed by atoms with Crippen LogP contribution < -0.4 is 11.1 Å². The first-order chi connectivity index (χ1) is 11.4. The van der Waals surface area contributed by atoms with Crippen LogP contribution in [0.15, 0.2) is 52.7 Å². The molecule has 0 amide bonds. The Morgan fingerprint density at radius 1 is 1.08 bits per heavy atom. The van der Waals surface area contributed by atoms with E-state index in [1.54, 1.807) is 0 Å². The van der Waals surface area contributed by atoms with E-state index in [2.05, 4.69) is 49.2 Å². The largest absolute Gasteiger partial charge is 0.319 e. The summed E-state index contributed by atoms with van der Waals surface area (Å²) in [5, 5.41) is 3.62. The molecule has 0 saturated heterocycles. The summed E-state index contributed by atoms with van der Waals surface area (Å²) in [5.74, 6) is 0. The van der Waals surface area contributed by atoms with Gasteiger partial charge in [0.05, 0.1) is 16.8 Å². The van der Waals surface area contributed by atoms with Gasteiger partial charge in [0.25, 0.3) is 0 Å². The van der Waals surface area contributed by atoms with Crippen LogP contribution in [0.25, 0.3) is 0 Å². The molecule has 24 heavy (non-hydrogen) atoms. The summed E-state index contributed by atoms with van der Waals surface area (Å²) >= 11 is 0. The van der Waals surface area contributed by atoms with Crippen LogP contribution in [-0.4, -0.2) is 48.4 Å². The second kappa shape index (κ2) is 8.06. The van der Waals surface area contributed by atoms with Crippen LogP contribution in [0.3, 0.4) is 0 Å². The zero-order valence-corrected chi connectivity index (χ0v) is 15.5. The third kappa shape index (κ3) is 5.26. The van der Waals surface area contributed by atoms with Crippen molar-refractivity contribution < 1.29 is 0 Å². The number of hydrogen-bond donors (Lipinski definition) is 2. The predicted octanol–water partition coefficient (Wildman–Crippen LogP) is 2.80. The van der Waals surface area contributed by atoms with Crippen LogP contribution >= 0.6 is 0 Å². The van der Waals surface area contributed by atoms with E-state index in [9.17, 15) is 0 Å². The summed E-state index contributed by atoms with van der Waals surface area (Å²) in [6, 6.07) is 0. The fourth-order valence-corrected chi connectivity index (χ4v) is 2.84. The molecule has 0 saturated carbocycles. The highest BCUT2D eigenvalue weighted by atomic mass is 15.1. The summed E-state index contributed by atoms with van der Waals surface area (Å²) in [5.41, 5.74) is 7.59. The highest BCUT2D eigenvalue weighted by molar-refractivity contribution is 5.76. The minimum atomic E-state index is -0.415. The average Bonchev–Trinajstić information content (AvgIpc) is 2.80. The molecule has 4 heteroatoms. The number of nitrogens with two attached hydrogens (primary N) is 1.